The Morgan fingerprint density at radius 2 is 1.71 bits per heavy atom. The topological polar surface area (TPSA) is 92.3 Å². The first-order valence-corrected chi connectivity index (χ1v) is 17.1. The van der Waals surface area contributed by atoms with Gasteiger partial charge in [0.15, 0.2) is 5.13 Å². The number of amides is 1. The number of ether oxygens (including phenoxy) is 2. The highest BCUT2D eigenvalue weighted by Gasteiger charge is 2.27. The van der Waals surface area contributed by atoms with Crippen molar-refractivity contribution in [1.29, 1.82) is 0 Å². The average Bonchev–Trinajstić information content (AvgIpc) is 3.40. The lowest BCUT2D eigenvalue weighted by Gasteiger charge is -2.28. The maximum Gasteiger partial charge on any atom is 0.260 e. The van der Waals surface area contributed by atoms with Gasteiger partial charge in [-0.3, -0.25) is 14.6 Å². The highest BCUT2D eigenvalue weighted by Crippen LogP contribution is 2.35. The summed E-state index contributed by atoms with van der Waals surface area (Å²) in [5.41, 5.74) is 1.16. The fourth-order valence-electron chi connectivity index (χ4n) is 5.02. The van der Waals surface area contributed by atoms with Crippen LogP contribution in [-0.4, -0.2) is 87.6 Å². The number of carbonyl (C=O) groups excluding carboxylic acids is 1. The molecule has 9 nitrogen and oxygen atoms in total. The van der Waals surface area contributed by atoms with Crippen molar-refractivity contribution in [2.75, 3.05) is 64.0 Å². The fraction of sp³-hybridized carbons (Fsp3) is 0.548. The molecule has 0 bridgehead atoms. The zero-order chi connectivity index (χ0) is 30.3. The van der Waals surface area contributed by atoms with Crippen LogP contribution in [0.2, 0.25) is 0 Å². The molecule has 1 fully saturated rings. The van der Waals surface area contributed by atoms with Crippen LogP contribution in [0.5, 0.6) is 5.75 Å². The fourth-order valence-corrected chi connectivity index (χ4v) is 7.79. The SMILES string of the molecule is CCOc1cccc2sc(N(CCCN3CCOCC3)C(=O)c3ccc(S(=O)(=O)N(CC(C)C)CC(C)C)cc3)nc12. The summed E-state index contributed by atoms with van der Waals surface area (Å²) >= 11 is 1.45. The van der Waals surface area contributed by atoms with Crippen LogP contribution in [0, 0.1) is 11.8 Å². The van der Waals surface area contributed by atoms with Gasteiger partial charge in [-0.2, -0.15) is 4.31 Å². The van der Waals surface area contributed by atoms with E-state index >= 15 is 0 Å². The number of para-hydroxylation sites is 1. The summed E-state index contributed by atoms with van der Waals surface area (Å²) in [6.45, 7) is 15.9. The predicted molar refractivity (Wildman–Crippen MR) is 169 cm³/mol. The molecule has 0 saturated carbocycles. The first kappa shape index (κ1) is 32.3. The molecule has 2 heterocycles. The number of morpholine rings is 1. The summed E-state index contributed by atoms with van der Waals surface area (Å²) in [6.07, 6.45) is 0.770. The first-order valence-electron chi connectivity index (χ1n) is 14.8. The Morgan fingerprint density at radius 1 is 1.05 bits per heavy atom. The molecule has 11 heteroatoms. The second-order valence-electron chi connectivity index (χ2n) is 11.4. The second kappa shape index (κ2) is 14.7. The quantitative estimate of drug-likeness (QED) is 0.241. The van der Waals surface area contributed by atoms with Crippen molar-refractivity contribution >= 4 is 42.6 Å². The normalized spacial score (nSPS) is 14.8. The molecule has 0 aliphatic carbocycles. The molecule has 1 amide bonds. The van der Waals surface area contributed by atoms with Crippen LogP contribution in [0.4, 0.5) is 5.13 Å². The molecule has 1 aliphatic rings. The monoisotopic (exact) mass is 616 g/mol. The maximum atomic E-state index is 14.0. The van der Waals surface area contributed by atoms with Crippen molar-refractivity contribution in [1.82, 2.24) is 14.2 Å². The number of nitrogens with zero attached hydrogens (tertiary/aromatic N) is 4. The van der Waals surface area contributed by atoms with Gasteiger partial charge in [-0.1, -0.05) is 45.1 Å². The molecule has 0 unspecified atom stereocenters. The van der Waals surface area contributed by atoms with Crippen LogP contribution >= 0.6 is 11.3 Å². The lowest BCUT2D eigenvalue weighted by Crippen LogP contribution is -2.39. The van der Waals surface area contributed by atoms with Crippen LogP contribution < -0.4 is 9.64 Å². The summed E-state index contributed by atoms with van der Waals surface area (Å²) in [6, 6.07) is 12.1. The molecular formula is C31H44N4O5S2. The average molecular weight is 617 g/mol. The van der Waals surface area contributed by atoms with Gasteiger partial charge in [-0.25, -0.2) is 13.4 Å². The molecule has 4 rings (SSSR count). The summed E-state index contributed by atoms with van der Waals surface area (Å²) in [5, 5.41) is 0.598. The third-order valence-corrected chi connectivity index (χ3v) is 9.87. The minimum Gasteiger partial charge on any atom is -0.492 e. The van der Waals surface area contributed by atoms with Crippen molar-refractivity contribution in [3.8, 4) is 5.75 Å². The smallest absolute Gasteiger partial charge is 0.260 e. The van der Waals surface area contributed by atoms with Crippen molar-refractivity contribution in [2.24, 2.45) is 11.8 Å². The van der Waals surface area contributed by atoms with E-state index in [1.54, 1.807) is 33.5 Å². The van der Waals surface area contributed by atoms with Crippen LogP contribution in [0.25, 0.3) is 10.2 Å². The van der Waals surface area contributed by atoms with Gasteiger partial charge in [0.1, 0.15) is 11.3 Å². The Bertz CT molecular complexity index is 1410. The van der Waals surface area contributed by atoms with E-state index in [2.05, 4.69) is 4.90 Å². The third kappa shape index (κ3) is 8.08. The van der Waals surface area contributed by atoms with Gasteiger partial charge in [0, 0.05) is 44.8 Å². The Labute approximate surface area is 254 Å². The van der Waals surface area contributed by atoms with Crippen LogP contribution in [0.15, 0.2) is 47.4 Å². The minimum atomic E-state index is -3.69. The summed E-state index contributed by atoms with van der Waals surface area (Å²) in [4.78, 5) is 23.1. The molecule has 2 aromatic carbocycles. The molecule has 0 spiro atoms. The van der Waals surface area contributed by atoms with E-state index < -0.39 is 10.0 Å². The van der Waals surface area contributed by atoms with E-state index in [9.17, 15) is 13.2 Å². The largest absolute Gasteiger partial charge is 0.492 e. The van der Waals surface area contributed by atoms with Crippen LogP contribution in [0.1, 0.15) is 51.4 Å². The summed E-state index contributed by atoms with van der Waals surface area (Å²) < 4.78 is 40.8. The minimum absolute atomic E-state index is 0.195. The Balaban J connectivity index is 1.60. The first-order chi connectivity index (χ1) is 20.1. The van der Waals surface area contributed by atoms with Gasteiger partial charge >= 0.3 is 0 Å². The highest BCUT2D eigenvalue weighted by atomic mass is 32.2. The van der Waals surface area contributed by atoms with E-state index in [1.807, 2.05) is 52.8 Å². The molecule has 3 aromatic rings. The Morgan fingerprint density at radius 3 is 2.33 bits per heavy atom. The lowest BCUT2D eigenvalue weighted by molar-refractivity contribution is 0.0376. The number of anilines is 1. The van der Waals surface area contributed by atoms with E-state index in [4.69, 9.17) is 14.5 Å². The lowest BCUT2D eigenvalue weighted by atomic mass is 10.2. The summed E-state index contributed by atoms with van der Waals surface area (Å²) in [7, 11) is -3.69. The van der Waals surface area contributed by atoms with E-state index in [0.29, 0.717) is 42.7 Å². The molecule has 0 atom stereocenters. The number of benzene rings is 2. The molecular weight excluding hydrogens is 572 g/mol. The molecule has 0 radical (unpaired) electrons. The number of hydrogen-bond donors (Lipinski definition) is 0. The number of fused-ring (bicyclic) bond motifs is 1. The zero-order valence-corrected chi connectivity index (χ0v) is 27.0. The van der Waals surface area contributed by atoms with E-state index in [1.165, 1.54) is 11.3 Å². The maximum absolute atomic E-state index is 14.0. The third-order valence-electron chi connectivity index (χ3n) is 6.98. The molecule has 42 heavy (non-hydrogen) atoms. The molecule has 1 saturated heterocycles. The number of sulfonamides is 1. The summed E-state index contributed by atoms with van der Waals surface area (Å²) in [5.74, 6) is 0.879. The van der Waals surface area contributed by atoms with Gasteiger partial charge < -0.3 is 9.47 Å². The standard InChI is InChI=1S/C31H44N4O5S2/c1-6-40-27-9-7-10-28-29(27)32-31(41-28)35(16-8-15-33-17-19-39-20-18-33)30(36)25-11-13-26(14-12-25)42(37,38)34(21-23(2)3)22-24(4)5/h7,9-14,23-24H,6,8,15-22H2,1-5H3. The van der Waals surface area contributed by atoms with Crippen molar-refractivity contribution < 1.29 is 22.7 Å². The molecule has 1 aliphatic heterocycles. The van der Waals surface area contributed by atoms with Crippen molar-refractivity contribution in [3.63, 3.8) is 0 Å². The van der Waals surface area contributed by atoms with Gasteiger partial charge in [-0.15, -0.1) is 0 Å². The van der Waals surface area contributed by atoms with Gasteiger partial charge in [0.25, 0.3) is 5.91 Å². The van der Waals surface area contributed by atoms with Crippen LogP contribution in [-0.2, 0) is 14.8 Å². The van der Waals surface area contributed by atoms with Gasteiger partial charge in [-0.05, 0) is 61.6 Å². The molecule has 1 aromatic heterocycles. The van der Waals surface area contributed by atoms with Gasteiger partial charge in [0.05, 0.1) is 29.4 Å². The molecule has 230 valence electrons. The number of rotatable bonds is 14. The van der Waals surface area contributed by atoms with Crippen LogP contribution in [0.3, 0.4) is 0 Å². The number of aromatic nitrogens is 1. The highest BCUT2D eigenvalue weighted by molar-refractivity contribution is 7.89. The van der Waals surface area contributed by atoms with E-state index in [-0.39, 0.29) is 22.6 Å². The van der Waals surface area contributed by atoms with Gasteiger partial charge in [0.2, 0.25) is 10.0 Å². The zero-order valence-electron chi connectivity index (χ0n) is 25.4. The Kier molecular flexibility index (Phi) is 11.4. The second-order valence-corrected chi connectivity index (χ2v) is 14.4. The van der Waals surface area contributed by atoms with Crippen molar-refractivity contribution in [3.05, 3.63) is 48.0 Å². The van der Waals surface area contributed by atoms with E-state index in [0.717, 1.165) is 49.5 Å². The number of carbonyl (C=O) groups is 1. The van der Waals surface area contributed by atoms with Crippen molar-refractivity contribution in [2.45, 2.75) is 45.9 Å². The Hall–Kier alpha value is -2.57. The number of thiazole rings is 1. The number of hydrogen-bond acceptors (Lipinski definition) is 8. The molecule has 0 N–H and O–H groups in total. The predicted octanol–water partition coefficient (Wildman–Crippen LogP) is 5.37.